The molecule has 0 saturated carbocycles. The molecule has 0 aliphatic rings. The van der Waals surface area contributed by atoms with E-state index in [4.69, 9.17) is 11.6 Å². The highest BCUT2D eigenvalue weighted by molar-refractivity contribution is 6.33. The maximum Gasteiger partial charge on any atom is 0.324 e. The number of urea groups is 1. The number of anilines is 3. The fraction of sp³-hybridized carbons (Fsp3) is 0.214. The molecule has 0 fully saturated rings. The first kappa shape index (κ1) is 26.2. The number of rotatable bonds is 4. The molecule has 0 spiro atoms. The van der Waals surface area contributed by atoms with Crippen LogP contribution in [0.4, 0.5) is 26.5 Å². The van der Waals surface area contributed by atoms with Gasteiger partial charge in [-0.1, -0.05) is 23.7 Å². The van der Waals surface area contributed by atoms with E-state index in [0.29, 0.717) is 22.5 Å². The average molecular weight is 548 g/mol. The molecule has 39 heavy (non-hydrogen) atoms. The molecule has 9 nitrogen and oxygen atoms in total. The van der Waals surface area contributed by atoms with Gasteiger partial charge in [-0.2, -0.15) is 5.10 Å². The van der Waals surface area contributed by atoms with Gasteiger partial charge in [0.15, 0.2) is 5.82 Å². The Bertz CT molecular complexity index is 1820. The molecule has 0 radical (unpaired) electrons. The summed E-state index contributed by atoms with van der Waals surface area (Å²) in [5.74, 6) is 0.203. The monoisotopic (exact) mass is 547 g/mol. The van der Waals surface area contributed by atoms with E-state index in [1.807, 2.05) is 49.7 Å². The minimum Gasteiger partial charge on any atom is -0.373 e. The van der Waals surface area contributed by atoms with Crippen molar-refractivity contribution in [2.75, 3.05) is 23.0 Å². The largest absolute Gasteiger partial charge is 0.373 e. The summed E-state index contributed by atoms with van der Waals surface area (Å²) < 4.78 is 18.2. The van der Waals surface area contributed by atoms with Gasteiger partial charge in [0.1, 0.15) is 11.6 Å². The predicted molar refractivity (Wildman–Crippen MR) is 154 cm³/mol. The van der Waals surface area contributed by atoms with Gasteiger partial charge in [-0.15, -0.1) is 0 Å². The summed E-state index contributed by atoms with van der Waals surface area (Å²) in [6.45, 7) is 6.02. The van der Waals surface area contributed by atoms with Crippen molar-refractivity contribution in [1.29, 1.82) is 0 Å². The molecule has 3 heterocycles. The number of nitrogens with zero attached hydrogens (tertiary/aromatic N) is 4. The molecule has 0 atom stereocenters. The Morgan fingerprint density at radius 2 is 1.77 bits per heavy atom. The van der Waals surface area contributed by atoms with Crippen molar-refractivity contribution < 1.29 is 9.18 Å². The van der Waals surface area contributed by atoms with E-state index < -0.39 is 11.8 Å². The molecular formula is C28H27ClFN7O2. The van der Waals surface area contributed by atoms with Gasteiger partial charge >= 0.3 is 6.03 Å². The van der Waals surface area contributed by atoms with E-state index >= 15 is 0 Å². The lowest BCUT2D eigenvalue weighted by Crippen LogP contribution is -2.24. The van der Waals surface area contributed by atoms with Crippen LogP contribution in [-0.4, -0.2) is 32.4 Å². The van der Waals surface area contributed by atoms with E-state index in [9.17, 15) is 14.0 Å². The zero-order valence-electron chi connectivity index (χ0n) is 22.1. The normalized spacial score (nSPS) is 11.7. The SMILES string of the molecule is CNc1cc2c(cn1)cc(-c1cc(NC(=O)Nc3nn(C(C)(C)C)c4ccccc34)c(F)cc1Cl)c(=O)n2C. The second-order valence-electron chi connectivity index (χ2n) is 10.1. The third-order valence-corrected chi connectivity index (χ3v) is 6.73. The number of pyridine rings is 2. The molecule has 3 aromatic heterocycles. The summed E-state index contributed by atoms with van der Waals surface area (Å²) in [6, 6.07) is 12.7. The first-order valence-corrected chi connectivity index (χ1v) is 12.6. The zero-order valence-corrected chi connectivity index (χ0v) is 22.8. The first-order valence-electron chi connectivity index (χ1n) is 12.2. The van der Waals surface area contributed by atoms with E-state index in [2.05, 4.69) is 26.0 Å². The number of halogens is 2. The van der Waals surface area contributed by atoms with Gasteiger partial charge in [-0.3, -0.25) is 14.8 Å². The fourth-order valence-electron chi connectivity index (χ4n) is 4.48. The summed E-state index contributed by atoms with van der Waals surface area (Å²) in [5, 5.41) is 14.3. The number of hydrogen-bond donors (Lipinski definition) is 3. The number of amides is 2. The lowest BCUT2D eigenvalue weighted by molar-refractivity contribution is 0.262. The van der Waals surface area contributed by atoms with Gasteiger partial charge in [-0.25, -0.2) is 14.2 Å². The van der Waals surface area contributed by atoms with Crippen LogP contribution in [0.5, 0.6) is 0 Å². The van der Waals surface area contributed by atoms with Crippen LogP contribution in [0.1, 0.15) is 20.8 Å². The summed E-state index contributed by atoms with van der Waals surface area (Å²) in [7, 11) is 3.38. The molecule has 2 amide bonds. The number of fused-ring (bicyclic) bond motifs is 2. The molecule has 11 heteroatoms. The Kier molecular flexibility index (Phi) is 6.51. The van der Waals surface area contributed by atoms with E-state index in [1.165, 1.54) is 10.6 Å². The Hall–Kier alpha value is -4.44. The average Bonchev–Trinajstić information content (AvgIpc) is 3.26. The van der Waals surface area contributed by atoms with Crippen molar-refractivity contribution in [1.82, 2.24) is 19.3 Å². The molecule has 0 saturated heterocycles. The summed E-state index contributed by atoms with van der Waals surface area (Å²) in [6.07, 6.45) is 1.63. The predicted octanol–water partition coefficient (Wildman–Crippen LogP) is 6.18. The molecule has 2 aromatic carbocycles. The van der Waals surface area contributed by atoms with Crippen LogP contribution >= 0.6 is 11.6 Å². The number of carbonyl (C=O) groups is 1. The topological polar surface area (TPSA) is 106 Å². The standard InChI is InChI=1S/C28H27ClFN7O2/c1-28(2,3)37-22-9-7-6-8-16(22)25(35-37)34-27(39)33-21-11-17(19(29)12-20(21)30)18-10-15-14-32-24(31-4)13-23(15)36(5)26(18)38/h6-14H,1-5H3,(H,31,32)(H2,33,34,35,39). The lowest BCUT2D eigenvalue weighted by Gasteiger charge is -2.20. The highest BCUT2D eigenvalue weighted by Crippen LogP contribution is 2.33. The lowest BCUT2D eigenvalue weighted by atomic mass is 10.0. The van der Waals surface area contributed by atoms with Crippen LogP contribution in [0.15, 0.2) is 59.5 Å². The van der Waals surface area contributed by atoms with Crippen LogP contribution in [0.2, 0.25) is 5.02 Å². The maximum atomic E-state index is 14.9. The summed E-state index contributed by atoms with van der Waals surface area (Å²) in [4.78, 5) is 30.5. The number of aromatic nitrogens is 4. The molecule has 3 N–H and O–H groups in total. The molecule has 5 aromatic rings. The number of para-hydroxylation sites is 1. The van der Waals surface area contributed by atoms with Crippen molar-refractivity contribution in [3.05, 3.63) is 75.9 Å². The van der Waals surface area contributed by atoms with Crippen LogP contribution in [0.25, 0.3) is 32.9 Å². The zero-order chi connectivity index (χ0) is 28.1. The van der Waals surface area contributed by atoms with Crippen molar-refractivity contribution in [2.24, 2.45) is 7.05 Å². The molecule has 0 unspecified atom stereocenters. The quantitative estimate of drug-likeness (QED) is 0.249. The van der Waals surface area contributed by atoms with E-state index in [0.717, 1.165) is 17.0 Å². The minimum atomic E-state index is -0.748. The van der Waals surface area contributed by atoms with Crippen LogP contribution in [0.3, 0.4) is 0 Å². The van der Waals surface area contributed by atoms with Crippen LogP contribution < -0.4 is 21.5 Å². The number of benzene rings is 2. The molecule has 200 valence electrons. The third-order valence-electron chi connectivity index (χ3n) is 6.41. The molecule has 0 aliphatic carbocycles. The second-order valence-corrected chi connectivity index (χ2v) is 10.5. The van der Waals surface area contributed by atoms with Crippen LogP contribution in [0, 0.1) is 5.82 Å². The highest BCUT2D eigenvalue weighted by atomic mass is 35.5. The Morgan fingerprint density at radius 1 is 1.03 bits per heavy atom. The van der Waals surface area contributed by atoms with Crippen molar-refractivity contribution in [3.8, 4) is 11.1 Å². The Morgan fingerprint density at radius 3 is 2.49 bits per heavy atom. The fourth-order valence-corrected chi connectivity index (χ4v) is 4.73. The van der Waals surface area contributed by atoms with Crippen molar-refractivity contribution >= 4 is 56.8 Å². The van der Waals surface area contributed by atoms with Gasteiger partial charge in [-0.05, 0) is 51.1 Å². The van der Waals surface area contributed by atoms with E-state index in [1.54, 1.807) is 32.4 Å². The minimum absolute atomic E-state index is 0.0321. The number of hydrogen-bond acceptors (Lipinski definition) is 5. The highest BCUT2D eigenvalue weighted by Gasteiger charge is 2.22. The number of carbonyl (C=O) groups excluding carboxylic acids is 1. The Labute approximate surface area is 228 Å². The molecule has 0 aliphatic heterocycles. The van der Waals surface area contributed by atoms with Gasteiger partial charge in [0.25, 0.3) is 5.56 Å². The first-order chi connectivity index (χ1) is 18.5. The van der Waals surface area contributed by atoms with Gasteiger partial charge in [0.2, 0.25) is 0 Å². The molecule has 0 bridgehead atoms. The smallest absolute Gasteiger partial charge is 0.324 e. The third kappa shape index (κ3) is 4.79. The Balaban J connectivity index is 1.50. The van der Waals surface area contributed by atoms with Crippen molar-refractivity contribution in [2.45, 2.75) is 26.3 Å². The summed E-state index contributed by atoms with van der Waals surface area (Å²) in [5.41, 5.74) is 1.23. The second kappa shape index (κ2) is 9.70. The van der Waals surface area contributed by atoms with Gasteiger partial charge in [0, 0.05) is 48.3 Å². The van der Waals surface area contributed by atoms with Gasteiger partial charge in [0.05, 0.1) is 27.3 Å². The number of aryl methyl sites for hydroxylation is 1. The van der Waals surface area contributed by atoms with E-state index in [-0.39, 0.29) is 32.9 Å². The molecule has 5 rings (SSSR count). The number of nitrogens with one attached hydrogen (secondary N) is 3. The van der Waals surface area contributed by atoms with Gasteiger partial charge < -0.3 is 15.2 Å². The molecular weight excluding hydrogens is 521 g/mol. The van der Waals surface area contributed by atoms with Crippen LogP contribution in [-0.2, 0) is 12.6 Å². The maximum absolute atomic E-state index is 14.9. The summed E-state index contributed by atoms with van der Waals surface area (Å²) >= 11 is 6.38. The van der Waals surface area contributed by atoms with Crippen molar-refractivity contribution in [3.63, 3.8) is 0 Å².